The summed E-state index contributed by atoms with van der Waals surface area (Å²) in [5, 5.41) is 3.38. The minimum Gasteiger partial charge on any atom is -0.321 e. The van der Waals surface area contributed by atoms with Gasteiger partial charge in [-0.05, 0) is 55.0 Å². The molecule has 8 heteroatoms. The number of para-hydroxylation sites is 1. The van der Waals surface area contributed by atoms with Crippen molar-refractivity contribution >= 4 is 50.5 Å². The Labute approximate surface area is 173 Å². The fraction of sp³-hybridized carbons (Fsp3) is 0.0500. The molecular weight excluding hydrogens is 419 g/mol. The quantitative estimate of drug-likeness (QED) is 0.567. The first-order valence-corrected chi connectivity index (χ1v) is 10.4. The summed E-state index contributed by atoms with van der Waals surface area (Å²) in [6, 6.07) is 17.5. The SMILES string of the molecule is Cc1cccc(S(=O)(=O)Nc2ccccc2C(=O)Nc2ccc(Cl)cc2Cl)c1. The van der Waals surface area contributed by atoms with Crippen molar-refractivity contribution in [1.82, 2.24) is 0 Å². The number of hydrogen-bond donors (Lipinski definition) is 2. The predicted molar refractivity (Wildman–Crippen MR) is 113 cm³/mol. The molecule has 0 bridgehead atoms. The summed E-state index contributed by atoms with van der Waals surface area (Å²) in [5.41, 5.74) is 1.50. The Hall–Kier alpha value is -2.54. The molecule has 0 saturated heterocycles. The molecule has 2 N–H and O–H groups in total. The summed E-state index contributed by atoms with van der Waals surface area (Å²) < 4.78 is 27.9. The summed E-state index contributed by atoms with van der Waals surface area (Å²) >= 11 is 12.0. The first kappa shape index (κ1) is 20.2. The molecule has 1 amide bonds. The average molecular weight is 435 g/mol. The van der Waals surface area contributed by atoms with Crippen LogP contribution in [0.1, 0.15) is 15.9 Å². The van der Waals surface area contributed by atoms with E-state index in [0.29, 0.717) is 10.7 Å². The maximum Gasteiger partial charge on any atom is 0.261 e. The Balaban J connectivity index is 1.89. The van der Waals surface area contributed by atoms with Crippen molar-refractivity contribution in [3.05, 3.63) is 87.9 Å². The molecular formula is C20H16Cl2N2O3S. The second-order valence-corrected chi connectivity index (χ2v) is 8.57. The van der Waals surface area contributed by atoms with E-state index in [1.807, 2.05) is 0 Å². The molecule has 3 aromatic rings. The third-order valence-corrected chi connectivity index (χ3v) is 5.81. The number of hydrogen-bond acceptors (Lipinski definition) is 3. The van der Waals surface area contributed by atoms with E-state index in [-0.39, 0.29) is 21.2 Å². The zero-order valence-corrected chi connectivity index (χ0v) is 17.1. The van der Waals surface area contributed by atoms with Crippen LogP contribution in [0.15, 0.2) is 71.6 Å². The number of carbonyl (C=O) groups is 1. The number of sulfonamides is 1. The number of aryl methyl sites for hydroxylation is 1. The minimum absolute atomic E-state index is 0.114. The number of amides is 1. The van der Waals surface area contributed by atoms with E-state index in [9.17, 15) is 13.2 Å². The van der Waals surface area contributed by atoms with E-state index in [4.69, 9.17) is 23.2 Å². The van der Waals surface area contributed by atoms with E-state index >= 15 is 0 Å². The van der Waals surface area contributed by atoms with E-state index in [0.717, 1.165) is 5.56 Å². The molecule has 0 aliphatic rings. The lowest BCUT2D eigenvalue weighted by atomic mass is 10.1. The number of anilines is 2. The number of rotatable bonds is 5. The van der Waals surface area contributed by atoms with Crippen molar-refractivity contribution in [2.75, 3.05) is 10.0 Å². The van der Waals surface area contributed by atoms with Crippen molar-refractivity contribution in [3.8, 4) is 0 Å². The van der Waals surface area contributed by atoms with E-state index in [2.05, 4.69) is 10.0 Å². The number of nitrogens with one attached hydrogen (secondary N) is 2. The fourth-order valence-electron chi connectivity index (χ4n) is 2.54. The van der Waals surface area contributed by atoms with Gasteiger partial charge in [-0.1, -0.05) is 47.5 Å². The maximum atomic E-state index is 12.7. The summed E-state index contributed by atoms with van der Waals surface area (Å²) in [6.07, 6.45) is 0. The van der Waals surface area contributed by atoms with Gasteiger partial charge in [0.1, 0.15) is 0 Å². The second kappa shape index (κ2) is 8.22. The maximum absolute atomic E-state index is 12.7. The lowest BCUT2D eigenvalue weighted by molar-refractivity contribution is 0.102. The molecule has 144 valence electrons. The van der Waals surface area contributed by atoms with Crippen molar-refractivity contribution in [2.24, 2.45) is 0 Å². The van der Waals surface area contributed by atoms with Crippen LogP contribution in [0.4, 0.5) is 11.4 Å². The largest absolute Gasteiger partial charge is 0.321 e. The highest BCUT2D eigenvalue weighted by atomic mass is 35.5. The summed E-state index contributed by atoms with van der Waals surface area (Å²) in [5.74, 6) is -0.508. The van der Waals surface area contributed by atoms with Crippen LogP contribution in [0.5, 0.6) is 0 Å². The van der Waals surface area contributed by atoms with Crippen LogP contribution in [0.3, 0.4) is 0 Å². The van der Waals surface area contributed by atoms with Gasteiger partial charge in [-0.2, -0.15) is 0 Å². The van der Waals surface area contributed by atoms with E-state index in [1.165, 1.54) is 24.3 Å². The summed E-state index contributed by atoms with van der Waals surface area (Å²) in [4.78, 5) is 12.8. The first-order valence-electron chi connectivity index (χ1n) is 8.21. The van der Waals surface area contributed by atoms with Crippen LogP contribution in [-0.2, 0) is 10.0 Å². The van der Waals surface area contributed by atoms with E-state index in [1.54, 1.807) is 49.4 Å². The zero-order valence-electron chi connectivity index (χ0n) is 14.7. The molecule has 0 unspecified atom stereocenters. The Morgan fingerprint density at radius 3 is 2.36 bits per heavy atom. The topological polar surface area (TPSA) is 75.3 Å². The van der Waals surface area contributed by atoms with Crippen LogP contribution in [0, 0.1) is 6.92 Å². The lowest BCUT2D eigenvalue weighted by Gasteiger charge is -2.13. The molecule has 0 spiro atoms. The van der Waals surface area contributed by atoms with Crippen LogP contribution in [0.25, 0.3) is 0 Å². The zero-order chi connectivity index (χ0) is 20.3. The van der Waals surface area contributed by atoms with Gasteiger partial charge in [0, 0.05) is 5.02 Å². The van der Waals surface area contributed by atoms with E-state index < -0.39 is 15.9 Å². The normalized spacial score (nSPS) is 11.1. The molecule has 0 heterocycles. The third-order valence-electron chi connectivity index (χ3n) is 3.90. The lowest BCUT2D eigenvalue weighted by Crippen LogP contribution is -2.18. The highest BCUT2D eigenvalue weighted by Gasteiger charge is 2.19. The monoisotopic (exact) mass is 434 g/mol. The van der Waals surface area contributed by atoms with Gasteiger partial charge in [0.15, 0.2) is 0 Å². The van der Waals surface area contributed by atoms with Gasteiger partial charge >= 0.3 is 0 Å². The number of halogens is 2. The molecule has 0 fully saturated rings. The standard InChI is InChI=1S/C20H16Cl2N2O3S/c1-13-5-4-6-15(11-13)28(26,27)24-18-8-3-2-7-16(18)20(25)23-19-10-9-14(21)12-17(19)22/h2-12,24H,1H3,(H,23,25). The Bertz CT molecular complexity index is 1150. The van der Waals surface area contributed by atoms with Gasteiger partial charge in [0.25, 0.3) is 15.9 Å². The smallest absolute Gasteiger partial charge is 0.261 e. The Morgan fingerprint density at radius 1 is 0.893 bits per heavy atom. The Morgan fingerprint density at radius 2 is 1.64 bits per heavy atom. The molecule has 3 aromatic carbocycles. The van der Waals surface area contributed by atoms with Gasteiger partial charge in [0.2, 0.25) is 0 Å². The molecule has 0 aliphatic carbocycles. The molecule has 3 rings (SSSR count). The minimum atomic E-state index is -3.85. The third kappa shape index (κ3) is 4.65. The molecule has 0 aliphatic heterocycles. The highest BCUT2D eigenvalue weighted by Crippen LogP contribution is 2.27. The fourth-order valence-corrected chi connectivity index (χ4v) is 4.18. The van der Waals surface area contributed by atoms with Crippen LogP contribution in [-0.4, -0.2) is 14.3 Å². The second-order valence-electron chi connectivity index (χ2n) is 6.05. The first-order chi connectivity index (χ1) is 13.3. The molecule has 0 radical (unpaired) electrons. The average Bonchev–Trinajstić information content (AvgIpc) is 2.64. The van der Waals surface area contributed by atoms with Gasteiger partial charge in [-0.3, -0.25) is 9.52 Å². The van der Waals surface area contributed by atoms with Crippen molar-refractivity contribution in [3.63, 3.8) is 0 Å². The molecule has 0 aromatic heterocycles. The van der Waals surface area contributed by atoms with Crippen molar-refractivity contribution in [2.45, 2.75) is 11.8 Å². The summed E-state index contributed by atoms with van der Waals surface area (Å²) in [6.45, 7) is 1.80. The van der Waals surface area contributed by atoms with Crippen LogP contribution >= 0.6 is 23.2 Å². The van der Waals surface area contributed by atoms with Crippen molar-refractivity contribution < 1.29 is 13.2 Å². The predicted octanol–water partition coefficient (Wildman–Crippen LogP) is 5.35. The Kier molecular flexibility index (Phi) is 5.93. The molecule has 5 nitrogen and oxygen atoms in total. The van der Waals surface area contributed by atoms with Crippen molar-refractivity contribution in [1.29, 1.82) is 0 Å². The highest BCUT2D eigenvalue weighted by molar-refractivity contribution is 7.92. The van der Waals surface area contributed by atoms with Gasteiger partial charge in [0.05, 0.1) is 26.9 Å². The molecule has 0 atom stereocenters. The van der Waals surface area contributed by atoms with Crippen LogP contribution in [0.2, 0.25) is 10.0 Å². The number of benzene rings is 3. The molecule has 28 heavy (non-hydrogen) atoms. The van der Waals surface area contributed by atoms with Gasteiger partial charge in [-0.15, -0.1) is 0 Å². The van der Waals surface area contributed by atoms with Crippen LogP contribution < -0.4 is 10.0 Å². The van der Waals surface area contributed by atoms with Gasteiger partial charge < -0.3 is 5.32 Å². The van der Waals surface area contributed by atoms with Gasteiger partial charge in [-0.25, -0.2) is 8.42 Å². The summed E-state index contributed by atoms with van der Waals surface area (Å²) in [7, 11) is -3.85. The number of carbonyl (C=O) groups excluding carboxylic acids is 1. The molecule has 0 saturated carbocycles.